The van der Waals surface area contributed by atoms with Crippen molar-refractivity contribution < 1.29 is 0 Å². The molecule has 0 atom stereocenters. The predicted octanol–water partition coefficient (Wildman–Crippen LogP) is 1.99. The van der Waals surface area contributed by atoms with Crippen LogP contribution in [-0.2, 0) is 13.1 Å². The lowest BCUT2D eigenvalue weighted by atomic mass is 10.1. The van der Waals surface area contributed by atoms with E-state index in [1.165, 1.54) is 11.1 Å². The third-order valence-corrected chi connectivity index (χ3v) is 2.88. The fraction of sp³-hybridized carbons (Fsp3) is 0.462. The molecule has 3 nitrogen and oxygen atoms in total. The van der Waals surface area contributed by atoms with Gasteiger partial charge in [0.1, 0.15) is 0 Å². The first-order chi connectivity index (χ1) is 7.81. The second-order valence-electron chi connectivity index (χ2n) is 4.18. The van der Waals surface area contributed by atoms with Crippen LogP contribution in [0.1, 0.15) is 24.5 Å². The number of hydrogen-bond acceptors (Lipinski definition) is 3. The molecular formula is C13H19N3. The number of hydrogen-bond donors (Lipinski definition) is 1. The molecule has 0 saturated carbocycles. The second-order valence-corrected chi connectivity index (χ2v) is 4.18. The average Bonchev–Trinajstić information content (AvgIpc) is 2.51. The highest BCUT2D eigenvalue weighted by molar-refractivity contribution is 5.80. The molecule has 0 aromatic heterocycles. The molecular weight excluding hydrogens is 198 g/mol. The third-order valence-electron chi connectivity index (χ3n) is 2.88. The smallest absolute Gasteiger partial charge is 0.194 e. The maximum atomic E-state index is 4.61. The Morgan fingerprint density at radius 2 is 2.06 bits per heavy atom. The van der Waals surface area contributed by atoms with Gasteiger partial charge in [0.15, 0.2) is 5.96 Å². The molecule has 0 unspecified atom stereocenters. The van der Waals surface area contributed by atoms with Crippen LogP contribution in [0.4, 0.5) is 0 Å². The van der Waals surface area contributed by atoms with Gasteiger partial charge in [-0.05, 0) is 17.5 Å². The van der Waals surface area contributed by atoms with Crippen molar-refractivity contribution in [3.8, 4) is 0 Å². The van der Waals surface area contributed by atoms with E-state index in [9.17, 15) is 0 Å². The summed E-state index contributed by atoms with van der Waals surface area (Å²) >= 11 is 0. The third kappa shape index (κ3) is 2.35. The van der Waals surface area contributed by atoms with Gasteiger partial charge >= 0.3 is 0 Å². The highest BCUT2D eigenvalue weighted by Crippen LogP contribution is 2.12. The van der Waals surface area contributed by atoms with Crippen LogP contribution in [0.5, 0.6) is 0 Å². The minimum Gasteiger partial charge on any atom is -0.352 e. The first-order valence-electron chi connectivity index (χ1n) is 5.87. The van der Waals surface area contributed by atoms with Gasteiger partial charge in [-0.1, -0.05) is 31.2 Å². The molecule has 86 valence electrons. The van der Waals surface area contributed by atoms with E-state index in [1.807, 2.05) is 0 Å². The molecule has 0 amide bonds. The topological polar surface area (TPSA) is 27.6 Å². The van der Waals surface area contributed by atoms with Crippen molar-refractivity contribution in [3.05, 3.63) is 35.4 Å². The van der Waals surface area contributed by atoms with E-state index in [0.717, 1.165) is 32.0 Å². The van der Waals surface area contributed by atoms with E-state index in [1.54, 1.807) is 0 Å². The van der Waals surface area contributed by atoms with Gasteiger partial charge in [0.25, 0.3) is 0 Å². The van der Waals surface area contributed by atoms with Crippen molar-refractivity contribution in [2.45, 2.75) is 26.4 Å². The normalized spacial score (nSPS) is 14.5. The number of fused-ring (bicyclic) bond motifs is 1. The number of guanidine groups is 1. The van der Waals surface area contributed by atoms with E-state index < -0.39 is 0 Å². The SMILES string of the molecule is CCCN(C)C1=NCc2ccccc2CN1. The lowest BCUT2D eigenvalue weighted by Gasteiger charge is -2.20. The number of benzene rings is 1. The molecule has 0 saturated heterocycles. The monoisotopic (exact) mass is 217 g/mol. The summed E-state index contributed by atoms with van der Waals surface area (Å²) in [5.74, 6) is 1.01. The Labute approximate surface area is 97.2 Å². The predicted molar refractivity (Wildman–Crippen MR) is 67.3 cm³/mol. The standard InChI is InChI=1S/C13H19N3/c1-3-8-16(2)13-14-9-11-6-4-5-7-12(11)10-15-13/h4-7H,3,8-10H2,1-2H3,(H,14,15). The molecule has 0 fully saturated rings. The summed E-state index contributed by atoms with van der Waals surface area (Å²) in [6.45, 7) is 4.89. The van der Waals surface area contributed by atoms with Crippen molar-refractivity contribution in [1.82, 2.24) is 10.2 Å². The molecule has 1 aliphatic rings. The van der Waals surface area contributed by atoms with E-state index in [4.69, 9.17) is 0 Å². The maximum Gasteiger partial charge on any atom is 0.194 e. The molecule has 1 N–H and O–H groups in total. The minimum absolute atomic E-state index is 0.784. The van der Waals surface area contributed by atoms with Crippen molar-refractivity contribution >= 4 is 5.96 Å². The lowest BCUT2D eigenvalue weighted by Crippen LogP contribution is -2.38. The Balaban J connectivity index is 2.11. The second kappa shape index (κ2) is 5.01. The van der Waals surface area contributed by atoms with E-state index >= 15 is 0 Å². The number of aliphatic imine (C=N–C) groups is 1. The fourth-order valence-electron chi connectivity index (χ4n) is 1.97. The zero-order chi connectivity index (χ0) is 11.4. The largest absolute Gasteiger partial charge is 0.352 e. The van der Waals surface area contributed by atoms with Crippen LogP contribution in [0.3, 0.4) is 0 Å². The Morgan fingerprint density at radius 1 is 1.31 bits per heavy atom. The van der Waals surface area contributed by atoms with Crippen molar-refractivity contribution in [3.63, 3.8) is 0 Å². The molecule has 16 heavy (non-hydrogen) atoms. The number of nitrogens with one attached hydrogen (secondary N) is 1. The molecule has 1 heterocycles. The number of rotatable bonds is 2. The fourth-order valence-corrected chi connectivity index (χ4v) is 1.97. The summed E-state index contributed by atoms with van der Waals surface area (Å²) in [5, 5.41) is 3.40. The minimum atomic E-state index is 0.784. The molecule has 1 aliphatic heterocycles. The average molecular weight is 217 g/mol. The van der Waals surface area contributed by atoms with Gasteiger partial charge < -0.3 is 10.2 Å². The molecule has 2 rings (SSSR count). The zero-order valence-electron chi connectivity index (χ0n) is 10.0. The van der Waals surface area contributed by atoms with Crippen LogP contribution in [0, 0.1) is 0 Å². The first kappa shape index (κ1) is 11.0. The van der Waals surface area contributed by atoms with E-state index in [0.29, 0.717) is 0 Å². The van der Waals surface area contributed by atoms with E-state index in [-0.39, 0.29) is 0 Å². The van der Waals surface area contributed by atoms with Gasteiger partial charge in [-0.25, -0.2) is 4.99 Å². The molecule has 0 spiro atoms. The number of nitrogens with zero attached hydrogens (tertiary/aromatic N) is 2. The maximum absolute atomic E-state index is 4.61. The zero-order valence-corrected chi connectivity index (χ0v) is 10.0. The molecule has 1 aromatic rings. The molecule has 0 bridgehead atoms. The highest BCUT2D eigenvalue weighted by atomic mass is 15.3. The van der Waals surface area contributed by atoms with Gasteiger partial charge in [-0.3, -0.25) is 0 Å². The van der Waals surface area contributed by atoms with Crippen LogP contribution in [0.25, 0.3) is 0 Å². The van der Waals surface area contributed by atoms with Crippen molar-refractivity contribution in [2.24, 2.45) is 4.99 Å². The van der Waals surface area contributed by atoms with Crippen molar-refractivity contribution in [1.29, 1.82) is 0 Å². The van der Waals surface area contributed by atoms with Crippen LogP contribution >= 0.6 is 0 Å². The summed E-state index contributed by atoms with van der Waals surface area (Å²) < 4.78 is 0. The van der Waals surface area contributed by atoms with Gasteiger partial charge in [-0.2, -0.15) is 0 Å². The summed E-state index contributed by atoms with van der Waals surface area (Å²) in [4.78, 5) is 6.80. The first-order valence-corrected chi connectivity index (χ1v) is 5.87. The molecule has 1 aromatic carbocycles. The Morgan fingerprint density at radius 3 is 2.81 bits per heavy atom. The molecule has 0 radical (unpaired) electrons. The molecule has 3 heteroatoms. The quantitative estimate of drug-likeness (QED) is 0.820. The van der Waals surface area contributed by atoms with Crippen LogP contribution < -0.4 is 5.32 Å². The molecule has 0 aliphatic carbocycles. The summed E-state index contributed by atoms with van der Waals surface area (Å²) in [5.41, 5.74) is 2.68. The van der Waals surface area contributed by atoms with Gasteiger partial charge in [0.05, 0.1) is 6.54 Å². The lowest BCUT2D eigenvalue weighted by molar-refractivity contribution is 0.478. The Hall–Kier alpha value is -1.51. The summed E-state index contributed by atoms with van der Waals surface area (Å²) in [6.07, 6.45) is 1.14. The Bertz CT molecular complexity index is 385. The summed E-state index contributed by atoms with van der Waals surface area (Å²) in [7, 11) is 2.09. The van der Waals surface area contributed by atoms with Gasteiger partial charge in [0, 0.05) is 20.1 Å². The van der Waals surface area contributed by atoms with Crippen molar-refractivity contribution in [2.75, 3.05) is 13.6 Å². The van der Waals surface area contributed by atoms with E-state index in [2.05, 4.69) is 53.4 Å². The van der Waals surface area contributed by atoms with Crippen LogP contribution in [0.15, 0.2) is 29.3 Å². The summed E-state index contributed by atoms with van der Waals surface area (Å²) in [6, 6.07) is 8.49. The highest BCUT2D eigenvalue weighted by Gasteiger charge is 2.10. The Kier molecular flexibility index (Phi) is 3.44. The van der Waals surface area contributed by atoms with Gasteiger partial charge in [-0.15, -0.1) is 0 Å². The van der Waals surface area contributed by atoms with Crippen LogP contribution in [-0.4, -0.2) is 24.5 Å². The van der Waals surface area contributed by atoms with Gasteiger partial charge in [0.2, 0.25) is 0 Å². The van der Waals surface area contributed by atoms with Crippen LogP contribution in [0.2, 0.25) is 0 Å².